The fourth-order valence-electron chi connectivity index (χ4n) is 2.71. The van der Waals surface area contributed by atoms with Crippen LogP contribution in [0.1, 0.15) is 39.2 Å². The number of nitrogens with one attached hydrogen (secondary N) is 1. The van der Waals surface area contributed by atoms with E-state index < -0.39 is 0 Å². The Hall–Kier alpha value is -1.91. The van der Waals surface area contributed by atoms with Crippen LogP contribution < -0.4 is 5.32 Å². The minimum absolute atomic E-state index is 0.282. The van der Waals surface area contributed by atoms with Crippen LogP contribution >= 0.6 is 0 Å². The molecular weight excluding hydrogens is 255 g/mol. The summed E-state index contributed by atoms with van der Waals surface area (Å²) in [5.41, 5.74) is 0.458. The van der Waals surface area contributed by atoms with Gasteiger partial charge in [-0.1, -0.05) is 26.0 Å². The van der Waals surface area contributed by atoms with Gasteiger partial charge in [0, 0.05) is 6.04 Å². The van der Waals surface area contributed by atoms with Crippen molar-refractivity contribution in [1.82, 2.24) is 14.8 Å². The van der Waals surface area contributed by atoms with Gasteiger partial charge in [-0.25, -0.2) is 9.07 Å². The zero-order chi connectivity index (χ0) is 14.1. The average Bonchev–Trinajstić information content (AvgIpc) is 2.90. The zero-order valence-corrected chi connectivity index (χ0v) is 11.8. The van der Waals surface area contributed by atoms with Crippen LogP contribution in [0.2, 0.25) is 0 Å². The molecule has 0 spiro atoms. The largest absolute Gasteiger partial charge is 0.352 e. The highest BCUT2D eigenvalue weighted by Crippen LogP contribution is 2.31. The van der Waals surface area contributed by atoms with Gasteiger partial charge in [-0.3, -0.25) is 0 Å². The number of anilines is 1. The highest BCUT2D eigenvalue weighted by atomic mass is 19.1. The summed E-state index contributed by atoms with van der Waals surface area (Å²) in [4.78, 5) is 4.48. The second kappa shape index (κ2) is 5.23. The van der Waals surface area contributed by atoms with E-state index in [0.29, 0.717) is 23.5 Å². The number of hydrogen-bond donors (Lipinski definition) is 1. The first-order valence-electron chi connectivity index (χ1n) is 7.20. The molecule has 5 heteroatoms. The summed E-state index contributed by atoms with van der Waals surface area (Å²) in [5, 5.41) is 7.89. The first-order valence-corrected chi connectivity index (χ1v) is 7.20. The third-order valence-electron chi connectivity index (χ3n) is 3.95. The van der Waals surface area contributed by atoms with Crippen molar-refractivity contribution in [3.05, 3.63) is 30.1 Å². The number of aromatic nitrogens is 3. The minimum Gasteiger partial charge on any atom is -0.352 e. The Balaban J connectivity index is 2.02. The second-order valence-electron chi connectivity index (χ2n) is 5.23. The third kappa shape index (κ3) is 2.17. The number of hydrogen-bond acceptors (Lipinski definition) is 3. The van der Waals surface area contributed by atoms with E-state index in [2.05, 4.69) is 29.2 Å². The quantitative estimate of drug-likeness (QED) is 0.929. The lowest BCUT2D eigenvalue weighted by molar-refractivity contribution is 0.361. The van der Waals surface area contributed by atoms with Crippen molar-refractivity contribution in [2.24, 2.45) is 0 Å². The van der Waals surface area contributed by atoms with Gasteiger partial charge in [0.15, 0.2) is 5.82 Å². The van der Waals surface area contributed by atoms with Crippen molar-refractivity contribution in [2.75, 3.05) is 5.32 Å². The molecule has 2 atom stereocenters. The fourth-order valence-corrected chi connectivity index (χ4v) is 2.71. The van der Waals surface area contributed by atoms with Crippen molar-refractivity contribution in [2.45, 2.75) is 45.2 Å². The summed E-state index contributed by atoms with van der Waals surface area (Å²) in [5.74, 6) is 0.935. The van der Waals surface area contributed by atoms with Gasteiger partial charge >= 0.3 is 0 Å². The molecular formula is C15H19FN4. The monoisotopic (exact) mass is 274 g/mol. The molecule has 2 heterocycles. The van der Waals surface area contributed by atoms with Crippen molar-refractivity contribution in [3.8, 4) is 11.4 Å². The SMILES string of the molecule is CCC1CC(CC)n2nc(-c3ccccc3F)nc2N1. The number of benzene rings is 1. The molecule has 0 radical (unpaired) electrons. The van der Waals surface area contributed by atoms with Crippen LogP contribution in [0.5, 0.6) is 0 Å². The summed E-state index contributed by atoms with van der Waals surface area (Å²) in [7, 11) is 0. The molecule has 2 aromatic rings. The zero-order valence-electron chi connectivity index (χ0n) is 11.8. The van der Waals surface area contributed by atoms with Gasteiger partial charge in [0.25, 0.3) is 0 Å². The average molecular weight is 274 g/mol. The van der Waals surface area contributed by atoms with Crippen LogP contribution in [-0.4, -0.2) is 20.8 Å². The van der Waals surface area contributed by atoms with E-state index in [-0.39, 0.29) is 5.82 Å². The Morgan fingerprint density at radius 1 is 1.30 bits per heavy atom. The highest BCUT2D eigenvalue weighted by Gasteiger charge is 2.27. The van der Waals surface area contributed by atoms with Crippen LogP contribution in [0.3, 0.4) is 0 Å². The van der Waals surface area contributed by atoms with Gasteiger partial charge in [-0.15, -0.1) is 5.10 Å². The first-order chi connectivity index (χ1) is 9.72. The maximum atomic E-state index is 13.9. The topological polar surface area (TPSA) is 42.7 Å². The van der Waals surface area contributed by atoms with Crippen LogP contribution in [0.4, 0.5) is 10.3 Å². The smallest absolute Gasteiger partial charge is 0.222 e. The number of fused-ring (bicyclic) bond motifs is 1. The van der Waals surface area contributed by atoms with Crippen LogP contribution in [-0.2, 0) is 0 Å². The molecule has 3 rings (SSSR count). The molecule has 1 N–H and O–H groups in total. The molecule has 1 aromatic heterocycles. The predicted octanol–water partition coefficient (Wildman–Crippen LogP) is 3.63. The van der Waals surface area contributed by atoms with Crippen LogP contribution in [0, 0.1) is 5.82 Å². The Bertz CT molecular complexity index is 608. The molecule has 1 aromatic carbocycles. The molecule has 1 aliphatic rings. The van der Waals surface area contributed by atoms with E-state index >= 15 is 0 Å². The Morgan fingerprint density at radius 2 is 2.10 bits per heavy atom. The van der Waals surface area contributed by atoms with Crippen molar-refractivity contribution in [1.29, 1.82) is 0 Å². The molecule has 1 aliphatic heterocycles. The lowest BCUT2D eigenvalue weighted by Crippen LogP contribution is -2.31. The molecule has 0 saturated heterocycles. The van der Waals surface area contributed by atoms with E-state index in [4.69, 9.17) is 0 Å². The van der Waals surface area contributed by atoms with Crippen molar-refractivity contribution >= 4 is 5.95 Å². The normalized spacial score (nSPS) is 21.4. The molecule has 0 saturated carbocycles. The second-order valence-corrected chi connectivity index (χ2v) is 5.23. The Kier molecular flexibility index (Phi) is 3.42. The number of rotatable bonds is 3. The molecule has 0 amide bonds. The van der Waals surface area contributed by atoms with Crippen molar-refractivity contribution < 1.29 is 4.39 Å². The van der Waals surface area contributed by atoms with E-state index in [0.717, 1.165) is 25.2 Å². The van der Waals surface area contributed by atoms with E-state index in [1.54, 1.807) is 18.2 Å². The van der Waals surface area contributed by atoms with Gasteiger partial charge in [-0.2, -0.15) is 4.98 Å². The molecule has 20 heavy (non-hydrogen) atoms. The molecule has 0 fully saturated rings. The van der Waals surface area contributed by atoms with Crippen molar-refractivity contribution in [3.63, 3.8) is 0 Å². The Labute approximate surface area is 118 Å². The van der Waals surface area contributed by atoms with Gasteiger partial charge in [0.2, 0.25) is 5.95 Å². The van der Waals surface area contributed by atoms with E-state index in [1.807, 2.05) is 4.68 Å². The summed E-state index contributed by atoms with van der Waals surface area (Å²) in [6.45, 7) is 4.31. The predicted molar refractivity (Wildman–Crippen MR) is 77.1 cm³/mol. The van der Waals surface area contributed by atoms with Crippen LogP contribution in [0.25, 0.3) is 11.4 Å². The lowest BCUT2D eigenvalue weighted by Gasteiger charge is -2.29. The van der Waals surface area contributed by atoms with E-state index in [9.17, 15) is 4.39 Å². The number of nitrogens with zero attached hydrogens (tertiary/aromatic N) is 3. The highest BCUT2D eigenvalue weighted by molar-refractivity contribution is 5.57. The molecule has 4 nitrogen and oxygen atoms in total. The number of halogens is 1. The summed E-state index contributed by atoms with van der Waals surface area (Å²) < 4.78 is 15.8. The molecule has 106 valence electrons. The maximum Gasteiger partial charge on any atom is 0.222 e. The van der Waals surface area contributed by atoms with Gasteiger partial charge in [-0.05, 0) is 31.4 Å². The fraction of sp³-hybridized carbons (Fsp3) is 0.467. The summed E-state index contributed by atoms with van der Waals surface area (Å²) >= 11 is 0. The lowest BCUT2D eigenvalue weighted by atomic mass is 10.0. The summed E-state index contributed by atoms with van der Waals surface area (Å²) in [6.07, 6.45) is 3.10. The molecule has 0 aliphatic carbocycles. The molecule has 2 unspecified atom stereocenters. The summed E-state index contributed by atoms with van der Waals surface area (Å²) in [6, 6.07) is 7.39. The standard InChI is InChI=1S/C15H19FN4/c1-3-10-9-11(4-2)20-15(17-10)18-14(19-20)12-7-5-6-8-13(12)16/h5-8,10-11H,3-4,9H2,1-2H3,(H,17,18,19). The van der Waals surface area contributed by atoms with Gasteiger partial charge in [0.1, 0.15) is 5.82 Å². The van der Waals surface area contributed by atoms with Gasteiger partial charge < -0.3 is 5.32 Å². The first kappa shape index (κ1) is 13.1. The third-order valence-corrected chi connectivity index (χ3v) is 3.95. The minimum atomic E-state index is -0.282. The van der Waals surface area contributed by atoms with Crippen LogP contribution in [0.15, 0.2) is 24.3 Å². The van der Waals surface area contributed by atoms with Gasteiger partial charge in [0.05, 0.1) is 11.6 Å². The Morgan fingerprint density at radius 3 is 2.80 bits per heavy atom. The molecule has 0 bridgehead atoms. The van der Waals surface area contributed by atoms with E-state index in [1.165, 1.54) is 6.07 Å². The maximum absolute atomic E-state index is 13.9.